The number of carbonyl (C=O) groups excluding carboxylic acids is 3. The summed E-state index contributed by atoms with van der Waals surface area (Å²) in [5.74, 6) is -2.24. The summed E-state index contributed by atoms with van der Waals surface area (Å²) < 4.78 is 62.2. The summed E-state index contributed by atoms with van der Waals surface area (Å²) in [5.41, 5.74) is 4.21. The lowest BCUT2D eigenvalue weighted by Gasteiger charge is -2.30. The van der Waals surface area contributed by atoms with Crippen LogP contribution in [0, 0.1) is 5.41 Å². The van der Waals surface area contributed by atoms with Gasteiger partial charge in [0.25, 0.3) is 0 Å². The van der Waals surface area contributed by atoms with Gasteiger partial charge in [-0.2, -0.15) is 4.31 Å². The van der Waals surface area contributed by atoms with Crippen LogP contribution in [-0.2, 0) is 55.5 Å². The molecule has 0 aliphatic carbocycles. The molecule has 8 atom stereocenters. The number of anilines is 1. The van der Waals surface area contributed by atoms with E-state index in [9.17, 15) is 67.8 Å². The Bertz CT molecular complexity index is 2070. The minimum atomic E-state index is -5.60. The van der Waals surface area contributed by atoms with Crippen LogP contribution < -0.4 is 16.4 Å². The van der Waals surface area contributed by atoms with Crippen molar-refractivity contribution in [2.45, 2.75) is 102 Å². The number of imidazole rings is 1. The zero-order chi connectivity index (χ0) is 47.9. The number of ether oxygens (including phenoxy) is 1. The van der Waals surface area contributed by atoms with Crippen molar-refractivity contribution in [3.8, 4) is 0 Å². The Hall–Kier alpha value is -3.27. The van der Waals surface area contributed by atoms with Gasteiger partial charge in [0, 0.05) is 37.1 Å². The van der Waals surface area contributed by atoms with Gasteiger partial charge in [-0.25, -0.2) is 28.6 Å². The second-order valence-corrected chi connectivity index (χ2v) is 20.2. The first-order valence-electron chi connectivity index (χ1n) is 19.4. The Labute approximate surface area is 369 Å². The number of hydrogen-bond acceptors (Lipinski definition) is 20. The number of carbonyl (C=O) groups is 4. The number of allylic oxidation sites excluding steroid dienone is 1. The van der Waals surface area contributed by atoms with E-state index in [1.807, 2.05) is 0 Å². The van der Waals surface area contributed by atoms with Gasteiger partial charge in [0.2, 0.25) is 11.8 Å². The molecule has 12 N–H and O–H groups in total. The minimum Gasteiger partial charge on any atom is -0.481 e. The molecule has 8 unspecified atom stereocenters. The number of aliphatic hydroxyl groups excluding tert-OH is 3. The van der Waals surface area contributed by atoms with Gasteiger partial charge in [-0.05, 0) is 19.3 Å². The first kappa shape index (κ1) is 55.1. The van der Waals surface area contributed by atoms with E-state index in [2.05, 4.69) is 34.4 Å². The number of carboxylic acids is 1. The van der Waals surface area contributed by atoms with Crippen molar-refractivity contribution in [1.82, 2.24) is 30.2 Å². The maximum Gasteiger partial charge on any atom is 0.481 e. The fraction of sp³-hybridized carbons (Fsp3) is 0.667. The summed E-state index contributed by atoms with van der Waals surface area (Å²) in [6.45, 7) is 0.264. The first-order chi connectivity index (χ1) is 29.8. The number of unbranched alkanes of at least 4 members (excludes halogenated alkanes) is 3. The van der Waals surface area contributed by atoms with Crippen molar-refractivity contribution in [2.24, 2.45) is 5.41 Å². The number of nitrogens with one attached hydrogen (secondary N) is 2. The monoisotopic (exact) mass is 993 g/mol. The SMILES string of the molecule is CC(C)(COP(=O)(O)OP(=O)(O)OCC1OC(n2cnc3c(N)ncnc32)C(O)C1OP(=O)(O)O)C(O)C(=O)NCCC(=O)NCCSC(=O)CC(O)CCCCC/C=C/CC(=O)O. The summed E-state index contributed by atoms with van der Waals surface area (Å²) in [4.78, 5) is 98.5. The highest BCUT2D eigenvalue weighted by Crippen LogP contribution is 2.61. The number of hydrogen-bond donors (Lipinski definition) is 11. The maximum absolute atomic E-state index is 12.7. The average molecular weight is 994 g/mol. The first-order valence-corrected chi connectivity index (χ1v) is 24.9. The van der Waals surface area contributed by atoms with Crippen molar-refractivity contribution in [1.29, 1.82) is 0 Å². The van der Waals surface area contributed by atoms with Crippen LogP contribution >= 0.6 is 35.2 Å². The molecule has 3 rings (SSSR count). The topological polar surface area (TPSA) is 421 Å². The van der Waals surface area contributed by atoms with Gasteiger partial charge < -0.3 is 61.1 Å². The number of aliphatic carboxylic acids is 1. The summed E-state index contributed by atoms with van der Waals surface area (Å²) >= 11 is 0.937. The summed E-state index contributed by atoms with van der Waals surface area (Å²) in [5, 5.41) is 44.8. The van der Waals surface area contributed by atoms with E-state index in [0.29, 0.717) is 12.8 Å². The number of amides is 2. The largest absolute Gasteiger partial charge is 0.481 e. The molecule has 0 saturated carbocycles. The fourth-order valence-corrected chi connectivity index (χ4v) is 9.34. The Kier molecular flexibility index (Phi) is 21.5. The van der Waals surface area contributed by atoms with E-state index >= 15 is 0 Å². The van der Waals surface area contributed by atoms with Gasteiger partial charge in [-0.3, -0.25) is 37.3 Å². The van der Waals surface area contributed by atoms with Crippen LogP contribution in [-0.4, -0.2) is 145 Å². The molecule has 64 heavy (non-hydrogen) atoms. The highest BCUT2D eigenvalue weighted by molar-refractivity contribution is 8.13. The minimum absolute atomic E-state index is 0.0194. The molecular formula is C33H54N7O20P3S. The molecule has 0 bridgehead atoms. The number of phosphoric ester groups is 3. The number of aliphatic hydroxyl groups is 3. The molecule has 1 aliphatic rings. The Morgan fingerprint density at radius 1 is 1.00 bits per heavy atom. The number of phosphoric acid groups is 3. The molecule has 31 heteroatoms. The molecule has 1 saturated heterocycles. The number of nitrogens with two attached hydrogens (primary N) is 1. The van der Waals surface area contributed by atoms with E-state index < -0.39 is 96.6 Å². The van der Waals surface area contributed by atoms with E-state index in [1.54, 1.807) is 12.2 Å². The third-order valence-corrected chi connectivity index (χ3v) is 13.0. The summed E-state index contributed by atoms with van der Waals surface area (Å²) in [6, 6.07) is 0. The fourth-order valence-electron chi connectivity index (χ4n) is 5.77. The van der Waals surface area contributed by atoms with Gasteiger partial charge in [0.15, 0.2) is 22.8 Å². The van der Waals surface area contributed by atoms with Crippen LogP contribution in [0.4, 0.5) is 5.82 Å². The highest BCUT2D eigenvalue weighted by Gasteiger charge is 2.50. The summed E-state index contributed by atoms with van der Waals surface area (Å²) in [6.07, 6.45) is -1.10. The van der Waals surface area contributed by atoms with E-state index in [-0.39, 0.29) is 60.2 Å². The van der Waals surface area contributed by atoms with Crippen LogP contribution in [0.3, 0.4) is 0 Å². The van der Waals surface area contributed by atoms with Crippen molar-refractivity contribution in [3.63, 3.8) is 0 Å². The molecule has 1 aliphatic heterocycles. The molecule has 2 aromatic heterocycles. The molecular weight excluding hydrogens is 939 g/mol. The van der Waals surface area contributed by atoms with Crippen LogP contribution in [0.1, 0.15) is 71.4 Å². The standard InChI is InChI=1S/C33H54N7O20P3S/c1-33(2,28(47)31(48)36-12-11-22(42)35-13-14-64-24(45)15-20(41)9-7-5-3-4-6-8-10-23(43)44)17-57-63(54,55)60-62(52,53)56-16-21-27(59-61(49,50)51)26(46)32(58-21)40-19-39-25-29(34)37-18-38-30(25)40/h6,8,18-21,26-28,32,41,46-47H,3-5,7,9-17H2,1-2H3,(H,35,42)(H,36,48)(H,43,44)(H,52,53)(H,54,55)(H2,34,37,38)(H2,49,50,51)/b8-6+. The molecule has 0 spiro atoms. The summed E-state index contributed by atoms with van der Waals surface area (Å²) in [7, 11) is -16.5. The number of rotatable bonds is 29. The molecule has 2 amide bonds. The second-order valence-electron chi connectivity index (χ2n) is 14.9. The maximum atomic E-state index is 12.7. The van der Waals surface area contributed by atoms with E-state index in [0.717, 1.165) is 48.2 Å². The third-order valence-electron chi connectivity index (χ3n) is 9.03. The number of aromatic nitrogens is 4. The molecule has 362 valence electrons. The Morgan fingerprint density at radius 3 is 2.39 bits per heavy atom. The number of carboxylic acid groups (broad SMARTS) is 1. The lowest BCUT2D eigenvalue weighted by Crippen LogP contribution is -2.46. The zero-order valence-corrected chi connectivity index (χ0v) is 38.1. The van der Waals surface area contributed by atoms with Crippen LogP contribution in [0.2, 0.25) is 0 Å². The number of thioether (sulfide) groups is 1. The molecule has 0 radical (unpaired) electrons. The van der Waals surface area contributed by atoms with Gasteiger partial charge in [0.05, 0.1) is 32.1 Å². The third kappa shape index (κ3) is 18.9. The van der Waals surface area contributed by atoms with Crippen LogP contribution in [0.25, 0.3) is 11.2 Å². The predicted molar refractivity (Wildman–Crippen MR) is 222 cm³/mol. The molecule has 3 heterocycles. The van der Waals surface area contributed by atoms with Crippen LogP contribution in [0.5, 0.6) is 0 Å². The van der Waals surface area contributed by atoms with Crippen molar-refractivity contribution in [3.05, 3.63) is 24.8 Å². The predicted octanol–water partition coefficient (Wildman–Crippen LogP) is 0.397. The highest BCUT2D eigenvalue weighted by atomic mass is 32.2. The van der Waals surface area contributed by atoms with Crippen molar-refractivity contribution < 1.29 is 95.5 Å². The van der Waals surface area contributed by atoms with E-state index in [1.165, 1.54) is 13.8 Å². The number of nitrogen functional groups attached to an aromatic ring is 1. The van der Waals surface area contributed by atoms with Crippen molar-refractivity contribution in [2.75, 3.05) is 37.8 Å². The lowest BCUT2D eigenvalue weighted by molar-refractivity contribution is -0.137. The average Bonchev–Trinajstić information content (AvgIpc) is 3.75. The Balaban J connectivity index is 1.37. The van der Waals surface area contributed by atoms with Gasteiger partial charge >= 0.3 is 29.4 Å². The lowest BCUT2D eigenvalue weighted by atomic mass is 9.87. The molecule has 1 fully saturated rings. The van der Waals surface area contributed by atoms with E-state index in [4.69, 9.17) is 24.6 Å². The van der Waals surface area contributed by atoms with Gasteiger partial charge in [-0.1, -0.05) is 50.6 Å². The quantitative estimate of drug-likeness (QED) is 0.0298. The van der Waals surface area contributed by atoms with Gasteiger partial charge in [0.1, 0.15) is 36.3 Å². The molecule has 27 nitrogen and oxygen atoms in total. The second kappa shape index (κ2) is 25.0. The van der Waals surface area contributed by atoms with Gasteiger partial charge in [-0.15, -0.1) is 0 Å². The smallest absolute Gasteiger partial charge is 0.481 e. The number of nitrogens with zero attached hydrogens (tertiary/aromatic N) is 4. The Morgan fingerprint density at radius 2 is 1.70 bits per heavy atom. The van der Waals surface area contributed by atoms with Crippen LogP contribution in [0.15, 0.2) is 24.8 Å². The number of fused-ring (bicyclic) bond motifs is 1. The normalized spacial score (nSPS) is 21.0. The molecule has 2 aromatic rings. The zero-order valence-electron chi connectivity index (χ0n) is 34.6. The molecule has 0 aromatic carbocycles. The van der Waals surface area contributed by atoms with Crippen molar-refractivity contribution >= 4 is 75.1 Å².